The second kappa shape index (κ2) is 8.28. The van der Waals surface area contributed by atoms with Crippen LogP contribution in [0.5, 0.6) is 5.75 Å². The lowest BCUT2D eigenvalue weighted by Crippen LogP contribution is -2.25. The van der Waals surface area contributed by atoms with Gasteiger partial charge in [0.25, 0.3) is 0 Å². The number of fused-ring (bicyclic) bond motifs is 1. The van der Waals surface area contributed by atoms with E-state index in [-0.39, 0.29) is 0 Å². The molecule has 1 aliphatic rings. The molecule has 0 spiro atoms. The second-order valence-electron chi connectivity index (χ2n) is 5.66. The number of benzene rings is 1. The predicted octanol–water partition coefficient (Wildman–Crippen LogP) is 2.55. The Balaban J connectivity index is 1.70. The van der Waals surface area contributed by atoms with Gasteiger partial charge in [-0.05, 0) is 55.5 Å². The Labute approximate surface area is 122 Å². The van der Waals surface area contributed by atoms with Gasteiger partial charge in [0.1, 0.15) is 5.75 Å². The van der Waals surface area contributed by atoms with Crippen molar-refractivity contribution in [2.75, 3.05) is 26.3 Å². The third kappa shape index (κ3) is 4.50. The topological polar surface area (TPSA) is 41.5 Å². The molecule has 20 heavy (non-hydrogen) atoms. The van der Waals surface area contributed by atoms with Gasteiger partial charge in [-0.3, -0.25) is 0 Å². The van der Waals surface area contributed by atoms with Crippen LogP contribution in [0.2, 0.25) is 0 Å². The first-order valence-corrected chi connectivity index (χ1v) is 7.89. The zero-order valence-electron chi connectivity index (χ0n) is 12.5. The summed E-state index contributed by atoms with van der Waals surface area (Å²) in [5, 5.41) is 12.6. The number of aliphatic hydroxyl groups excluding tert-OH is 1. The highest BCUT2D eigenvalue weighted by Gasteiger charge is 2.12. The van der Waals surface area contributed by atoms with Crippen LogP contribution in [-0.4, -0.2) is 31.4 Å². The molecule has 1 aromatic rings. The maximum absolute atomic E-state index is 9.05. The fourth-order valence-electron chi connectivity index (χ4n) is 2.87. The molecule has 1 atom stereocenters. The molecule has 0 saturated heterocycles. The fraction of sp³-hybridized carbons (Fsp3) is 0.647. The molecular formula is C17H27NO2. The molecule has 2 rings (SSSR count). The van der Waals surface area contributed by atoms with E-state index in [2.05, 4.69) is 30.4 Å². The summed E-state index contributed by atoms with van der Waals surface area (Å²) in [5.74, 6) is 1.67. The van der Waals surface area contributed by atoms with Crippen LogP contribution in [0.3, 0.4) is 0 Å². The zero-order chi connectivity index (χ0) is 14.2. The molecule has 112 valence electrons. The fourth-order valence-corrected chi connectivity index (χ4v) is 2.87. The smallest absolute Gasteiger partial charge is 0.122 e. The van der Waals surface area contributed by atoms with E-state index in [0.717, 1.165) is 44.7 Å². The zero-order valence-corrected chi connectivity index (χ0v) is 12.5. The van der Waals surface area contributed by atoms with Crippen molar-refractivity contribution < 1.29 is 9.84 Å². The van der Waals surface area contributed by atoms with Crippen molar-refractivity contribution in [1.29, 1.82) is 0 Å². The van der Waals surface area contributed by atoms with Gasteiger partial charge in [0.05, 0.1) is 6.61 Å². The van der Waals surface area contributed by atoms with Gasteiger partial charge < -0.3 is 15.2 Å². The Morgan fingerprint density at radius 2 is 2.25 bits per heavy atom. The van der Waals surface area contributed by atoms with Gasteiger partial charge in [0.15, 0.2) is 0 Å². The van der Waals surface area contributed by atoms with Crippen LogP contribution in [0.25, 0.3) is 0 Å². The van der Waals surface area contributed by atoms with Crippen molar-refractivity contribution in [2.45, 2.75) is 39.0 Å². The van der Waals surface area contributed by atoms with E-state index in [1.54, 1.807) is 0 Å². The summed E-state index contributed by atoms with van der Waals surface area (Å²) >= 11 is 0. The number of hydrogen-bond acceptors (Lipinski definition) is 3. The summed E-state index contributed by atoms with van der Waals surface area (Å²) in [7, 11) is 0. The van der Waals surface area contributed by atoms with E-state index in [1.165, 1.54) is 24.0 Å². The molecule has 3 heteroatoms. The van der Waals surface area contributed by atoms with Crippen LogP contribution in [0.4, 0.5) is 0 Å². The molecular weight excluding hydrogens is 250 g/mol. The van der Waals surface area contributed by atoms with Gasteiger partial charge in [-0.1, -0.05) is 25.5 Å². The minimum Gasteiger partial charge on any atom is -0.493 e. The monoisotopic (exact) mass is 277 g/mol. The van der Waals surface area contributed by atoms with E-state index >= 15 is 0 Å². The first-order chi connectivity index (χ1) is 9.83. The van der Waals surface area contributed by atoms with Crippen LogP contribution in [0.1, 0.15) is 37.3 Å². The molecule has 0 aromatic heterocycles. The number of rotatable bonds is 9. The van der Waals surface area contributed by atoms with Crippen molar-refractivity contribution in [3.05, 3.63) is 29.3 Å². The Morgan fingerprint density at radius 3 is 3.05 bits per heavy atom. The molecule has 0 saturated carbocycles. The van der Waals surface area contributed by atoms with Crippen LogP contribution in [-0.2, 0) is 12.8 Å². The normalized spacial score (nSPS) is 14.9. The third-order valence-electron chi connectivity index (χ3n) is 4.01. The minimum atomic E-state index is 0.303. The van der Waals surface area contributed by atoms with Crippen molar-refractivity contribution in [2.24, 2.45) is 5.92 Å². The summed E-state index contributed by atoms with van der Waals surface area (Å²) < 4.78 is 5.53. The number of nitrogens with one attached hydrogen (secondary N) is 1. The first-order valence-electron chi connectivity index (χ1n) is 7.89. The molecule has 1 aromatic carbocycles. The Kier molecular flexibility index (Phi) is 6.34. The van der Waals surface area contributed by atoms with Gasteiger partial charge >= 0.3 is 0 Å². The van der Waals surface area contributed by atoms with Crippen molar-refractivity contribution in [1.82, 2.24) is 5.32 Å². The summed E-state index contributed by atoms with van der Waals surface area (Å²) in [6.07, 6.45) is 5.41. The molecule has 1 heterocycles. The summed E-state index contributed by atoms with van der Waals surface area (Å²) in [6, 6.07) is 6.55. The van der Waals surface area contributed by atoms with Gasteiger partial charge in [0.2, 0.25) is 0 Å². The van der Waals surface area contributed by atoms with Crippen LogP contribution < -0.4 is 10.1 Å². The highest BCUT2D eigenvalue weighted by Crippen LogP contribution is 2.25. The molecule has 1 unspecified atom stereocenters. The Hall–Kier alpha value is -1.06. The third-order valence-corrected chi connectivity index (χ3v) is 4.01. The summed E-state index contributed by atoms with van der Waals surface area (Å²) in [5.41, 5.74) is 2.74. The lowest BCUT2D eigenvalue weighted by Gasteiger charge is -2.15. The first kappa shape index (κ1) is 15.3. The Bertz CT molecular complexity index is 400. The van der Waals surface area contributed by atoms with Gasteiger partial charge in [-0.25, -0.2) is 0 Å². The highest BCUT2D eigenvalue weighted by molar-refractivity contribution is 5.39. The predicted molar refractivity (Wildman–Crippen MR) is 82.3 cm³/mol. The standard InChI is InChI=1S/C17H27NO2/c1-2-3-15(7-10-19)13-18-9-6-14-4-5-17-16(12-14)8-11-20-17/h4-5,12,15,18-19H,2-3,6-11,13H2,1H3. The molecule has 0 bridgehead atoms. The minimum absolute atomic E-state index is 0.303. The SMILES string of the molecule is CCCC(CCO)CNCCc1ccc2c(c1)CCO2. The molecule has 3 nitrogen and oxygen atoms in total. The van der Waals surface area contributed by atoms with E-state index in [1.807, 2.05) is 0 Å². The molecule has 0 radical (unpaired) electrons. The van der Waals surface area contributed by atoms with E-state index in [4.69, 9.17) is 9.84 Å². The van der Waals surface area contributed by atoms with Gasteiger partial charge in [-0.15, -0.1) is 0 Å². The number of aliphatic hydroxyl groups is 1. The van der Waals surface area contributed by atoms with Gasteiger partial charge in [-0.2, -0.15) is 0 Å². The second-order valence-corrected chi connectivity index (χ2v) is 5.66. The maximum atomic E-state index is 9.05. The molecule has 0 aliphatic carbocycles. The highest BCUT2D eigenvalue weighted by atomic mass is 16.5. The molecule has 1 aliphatic heterocycles. The van der Waals surface area contributed by atoms with E-state index in [0.29, 0.717) is 12.5 Å². The van der Waals surface area contributed by atoms with Crippen LogP contribution in [0, 0.1) is 5.92 Å². The van der Waals surface area contributed by atoms with E-state index in [9.17, 15) is 0 Å². The average Bonchev–Trinajstić information content (AvgIpc) is 2.91. The van der Waals surface area contributed by atoms with E-state index < -0.39 is 0 Å². The summed E-state index contributed by atoms with van der Waals surface area (Å²) in [4.78, 5) is 0. The lowest BCUT2D eigenvalue weighted by atomic mass is 10.00. The average molecular weight is 277 g/mol. The van der Waals surface area contributed by atoms with Crippen molar-refractivity contribution >= 4 is 0 Å². The lowest BCUT2D eigenvalue weighted by molar-refractivity contribution is 0.248. The van der Waals surface area contributed by atoms with Crippen molar-refractivity contribution in [3.63, 3.8) is 0 Å². The number of ether oxygens (including phenoxy) is 1. The number of hydrogen-bond donors (Lipinski definition) is 2. The van der Waals surface area contributed by atoms with Gasteiger partial charge in [0, 0.05) is 13.0 Å². The largest absolute Gasteiger partial charge is 0.493 e. The molecule has 0 fully saturated rings. The summed E-state index contributed by atoms with van der Waals surface area (Å²) in [6.45, 7) is 5.36. The van der Waals surface area contributed by atoms with Crippen LogP contribution in [0.15, 0.2) is 18.2 Å². The van der Waals surface area contributed by atoms with Crippen LogP contribution >= 0.6 is 0 Å². The Morgan fingerprint density at radius 1 is 1.35 bits per heavy atom. The molecule has 2 N–H and O–H groups in total. The quantitative estimate of drug-likeness (QED) is 0.682. The van der Waals surface area contributed by atoms with Crippen molar-refractivity contribution in [3.8, 4) is 5.75 Å². The molecule has 0 amide bonds. The maximum Gasteiger partial charge on any atom is 0.122 e.